The number of alkyl halides is 3. The van der Waals surface area contributed by atoms with Crippen LogP contribution >= 0.6 is 0 Å². The molecule has 96 valence electrons. The third kappa shape index (κ3) is 4.37. The Labute approximate surface area is 102 Å². The lowest BCUT2D eigenvalue weighted by Gasteiger charge is -2.03. The summed E-state index contributed by atoms with van der Waals surface area (Å²) in [6.07, 6.45) is -4.87. The van der Waals surface area contributed by atoms with Gasteiger partial charge in [-0.1, -0.05) is 11.8 Å². The van der Waals surface area contributed by atoms with Gasteiger partial charge >= 0.3 is 12.1 Å². The Morgan fingerprint density at radius 1 is 1.33 bits per heavy atom. The maximum Gasteiger partial charge on any atom is 0.471 e. The predicted octanol–water partition coefficient (Wildman–Crippen LogP) is 1.73. The maximum absolute atomic E-state index is 11.8. The first kappa shape index (κ1) is 13.9. The smallest absolute Gasteiger partial charge is 0.471 e. The van der Waals surface area contributed by atoms with Crippen molar-refractivity contribution in [2.24, 2.45) is 0 Å². The standard InChI is InChI=1S/C12H10F3NO2/c1-18-10-6-4-9(5-7-10)3-2-8-16-11(17)12(13,14)15/h4-7H,8H2,1H3,(H,16,17). The van der Waals surface area contributed by atoms with Gasteiger partial charge in [-0.15, -0.1) is 0 Å². The first-order valence-corrected chi connectivity index (χ1v) is 4.91. The second-order valence-electron chi connectivity index (χ2n) is 3.21. The number of amides is 1. The van der Waals surface area contributed by atoms with Crippen molar-refractivity contribution >= 4 is 5.91 Å². The van der Waals surface area contributed by atoms with E-state index in [1.807, 2.05) is 0 Å². The van der Waals surface area contributed by atoms with E-state index in [0.717, 1.165) is 0 Å². The van der Waals surface area contributed by atoms with Crippen LogP contribution < -0.4 is 10.1 Å². The van der Waals surface area contributed by atoms with Crippen molar-refractivity contribution in [3.63, 3.8) is 0 Å². The number of ether oxygens (including phenoxy) is 1. The zero-order chi connectivity index (χ0) is 13.6. The van der Waals surface area contributed by atoms with Gasteiger partial charge in [0.2, 0.25) is 0 Å². The molecule has 0 radical (unpaired) electrons. The first-order chi connectivity index (χ1) is 8.43. The third-order valence-corrected chi connectivity index (χ3v) is 1.92. The van der Waals surface area contributed by atoms with E-state index >= 15 is 0 Å². The highest BCUT2D eigenvalue weighted by atomic mass is 19.4. The third-order valence-electron chi connectivity index (χ3n) is 1.92. The Morgan fingerprint density at radius 3 is 2.44 bits per heavy atom. The van der Waals surface area contributed by atoms with Gasteiger partial charge in [0.25, 0.3) is 0 Å². The van der Waals surface area contributed by atoms with Crippen LogP contribution in [0.1, 0.15) is 5.56 Å². The first-order valence-electron chi connectivity index (χ1n) is 4.91. The van der Waals surface area contributed by atoms with Gasteiger partial charge in [-0.25, -0.2) is 0 Å². The van der Waals surface area contributed by atoms with E-state index in [4.69, 9.17) is 4.74 Å². The quantitative estimate of drug-likeness (QED) is 0.819. The lowest BCUT2D eigenvalue weighted by Crippen LogP contribution is -2.36. The summed E-state index contributed by atoms with van der Waals surface area (Å²) in [5.74, 6) is 3.70. The van der Waals surface area contributed by atoms with Crippen LogP contribution in [-0.2, 0) is 4.79 Å². The van der Waals surface area contributed by atoms with Crippen LogP contribution in [0.3, 0.4) is 0 Å². The second kappa shape index (κ2) is 5.96. The van der Waals surface area contributed by atoms with E-state index in [2.05, 4.69) is 11.8 Å². The fourth-order valence-corrected chi connectivity index (χ4v) is 1.05. The largest absolute Gasteiger partial charge is 0.497 e. The average Bonchev–Trinajstić information content (AvgIpc) is 2.34. The number of rotatable bonds is 2. The van der Waals surface area contributed by atoms with Crippen molar-refractivity contribution in [2.45, 2.75) is 6.18 Å². The molecule has 1 N–H and O–H groups in total. The predicted molar refractivity (Wildman–Crippen MR) is 58.9 cm³/mol. The van der Waals surface area contributed by atoms with Crippen LogP contribution in [0.25, 0.3) is 0 Å². The molecule has 0 aliphatic heterocycles. The number of benzene rings is 1. The number of carbonyl (C=O) groups is 1. The second-order valence-corrected chi connectivity index (χ2v) is 3.21. The Balaban J connectivity index is 2.49. The van der Waals surface area contributed by atoms with E-state index in [1.165, 1.54) is 7.11 Å². The molecule has 0 aliphatic rings. The van der Waals surface area contributed by atoms with Crippen LogP contribution in [-0.4, -0.2) is 25.7 Å². The summed E-state index contributed by atoms with van der Waals surface area (Å²) >= 11 is 0. The summed E-state index contributed by atoms with van der Waals surface area (Å²) in [4.78, 5) is 10.4. The van der Waals surface area contributed by atoms with E-state index < -0.39 is 12.1 Å². The molecule has 3 nitrogen and oxygen atoms in total. The molecule has 6 heteroatoms. The zero-order valence-corrected chi connectivity index (χ0v) is 9.47. The summed E-state index contributed by atoms with van der Waals surface area (Å²) in [5.41, 5.74) is 0.622. The molecule has 1 amide bonds. The normalized spacial score (nSPS) is 10.2. The van der Waals surface area contributed by atoms with Gasteiger partial charge in [-0.05, 0) is 24.3 Å². The number of nitrogens with one attached hydrogen (secondary N) is 1. The van der Waals surface area contributed by atoms with E-state index in [9.17, 15) is 18.0 Å². The molecule has 1 rings (SSSR count). The van der Waals surface area contributed by atoms with Gasteiger partial charge < -0.3 is 10.1 Å². The highest BCUT2D eigenvalue weighted by Crippen LogP contribution is 2.13. The monoisotopic (exact) mass is 257 g/mol. The van der Waals surface area contributed by atoms with Gasteiger partial charge in [0.1, 0.15) is 5.75 Å². The fraction of sp³-hybridized carbons (Fsp3) is 0.250. The van der Waals surface area contributed by atoms with E-state index in [0.29, 0.717) is 11.3 Å². The Morgan fingerprint density at radius 2 is 1.94 bits per heavy atom. The molecule has 0 saturated carbocycles. The molecular formula is C12H10F3NO2. The van der Waals surface area contributed by atoms with Crippen LogP contribution in [0.2, 0.25) is 0 Å². The lowest BCUT2D eigenvalue weighted by molar-refractivity contribution is -0.173. The van der Waals surface area contributed by atoms with Crippen LogP contribution in [0.5, 0.6) is 5.75 Å². The molecule has 0 heterocycles. The summed E-state index contributed by atoms with van der Waals surface area (Å²) in [6, 6.07) is 6.69. The molecule has 0 saturated heterocycles. The molecule has 1 aromatic rings. The Bertz CT molecular complexity index is 469. The molecule has 1 aromatic carbocycles. The summed E-state index contributed by atoms with van der Waals surface area (Å²) < 4.78 is 40.4. The van der Waals surface area contributed by atoms with Crippen molar-refractivity contribution < 1.29 is 22.7 Å². The van der Waals surface area contributed by atoms with E-state index in [-0.39, 0.29) is 6.54 Å². The molecule has 0 spiro atoms. The summed E-state index contributed by atoms with van der Waals surface area (Å²) in [6.45, 7) is -0.357. The van der Waals surface area contributed by atoms with Gasteiger partial charge in [0.15, 0.2) is 0 Å². The molecule has 0 aliphatic carbocycles. The van der Waals surface area contributed by atoms with Crippen molar-refractivity contribution in [3.8, 4) is 17.6 Å². The van der Waals surface area contributed by atoms with Crippen molar-refractivity contribution in [3.05, 3.63) is 29.8 Å². The number of halogens is 3. The van der Waals surface area contributed by atoms with Crippen LogP contribution in [0, 0.1) is 11.8 Å². The summed E-state index contributed by atoms with van der Waals surface area (Å²) in [5, 5.41) is 1.65. The molecule has 0 bridgehead atoms. The van der Waals surface area contributed by atoms with Crippen LogP contribution in [0.15, 0.2) is 24.3 Å². The number of carbonyl (C=O) groups excluding carboxylic acids is 1. The maximum atomic E-state index is 11.8. The molecule has 0 unspecified atom stereocenters. The van der Waals surface area contributed by atoms with Gasteiger partial charge in [-0.2, -0.15) is 13.2 Å². The van der Waals surface area contributed by atoms with Gasteiger partial charge in [0, 0.05) is 5.56 Å². The SMILES string of the molecule is COc1ccc(C#CCNC(=O)C(F)(F)F)cc1. The summed E-state index contributed by atoms with van der Waals surface area (Å²) in [7, 11) is 1.52. The Hall–Kier alpha value is -2.16. The minimum atomic E-state index is -4.87. The average molecular weight is 257 g/mol. The highest BCUT2D eigenvalue weighted by Gasteiger charge is 2.38. The van der Waals surface area contributed by atoms with Gasteiger partial charge in [-0.3, -0.25) is 4.79 Å². The molecule has 0 fully saturated rings. The van der Waals surface area contributed by atoms with E-state index in [1.54, 1.807) is 29.6 Å². The lowest BCUT2D eigenvalue weighted by atomic mass is 10.2. The number of methoxy groups -OCH3 is 1. The zero-order valence-electron chi connectivity index (χ0n) is 9.47. The van der Waals surface area contributed by atoms with Crippen molar-refractivity contribution in [1.29, 1.82) is 0 Å². The molecular weight excluding hydrogens is 247 g/mol. The Kier molecular flexibility index (Phi) is 4.60. The molecule has 0 aromatic heterocycles. The topological polar surface area (TPSA) is 38.3 Å². The fourth-order valence-electron chi connectivity index (χ4n) is 1.05. The van der Waals surface area contributed by atoms with Crippen molar-refractivity contribution in [2.75, 3.05) is 13.7 Å². The molecule has 0 atom stereocenters. The molecule has 18 heavy (non-hydrogen) atoms. The highest BCUT2D eigenvalue weighted by molar-refractivity contribution is 5.81. The van der Waals surface area contributed by atoms with Crippen LogP contribution in [0.4, 0.5) is 13.2 Å². The number of hydrogen-bond donors (Lipinski definition) is 1. The number of hydrogen-bond acceptors (Lipinski definition) is 2. The van der Waals surface area contributed by atoms with Crippen molar-refractivity contribution in [1.82, 2.24) is 5.32 Å². The minimum absolute atomic E-state index is 0.357. The van der Waals surface area contributed by atoms with Gasteiger partial charge in [0.05, 0.1) is 13.7 Å². The minimum Gasteiger partial charge on any atom is -0.497 e.